The number of carbonyl (C=O) groups is 1. The second-order valence-electron chi connectivity index (χ2n) is 6.42. The van der Waals surface area contributed by atoms with Crippen molar-refractivity contribution in [2.75, 3.05) is 26.2 Å². The topological polar surface area (TPSA) is 52.6 Å². The molecule has 1 saturated carbocycles. The standard InChI is InChI=1S/C16H32N2O2/c1-5-18(6-2)12-11-17-16(15(19)20)9-7-14(8-10-16)13(3)4/h13-14,17H,5-12H2,1-4H3,(H,19,20). The summed E-state index contributed by atoms with van der Waals surface area (Å²) in [6.07, 6.45) is 3.59. The Balaban J connectivity index is 2.51. The van der Waals surface area contributed by atoms with E-state index in [1.807, 2.05) is 0 Å². The van der Waals surface area contributed by atoms with E-state index in [2.05, 4.69) is 37.9 Å². The monoisotopic (exact) mass is 284 g/mol. The van der Waals surface area contributed by atoms with E-state index in [1.165, 1.54) is 0 Å². The van der Waals surface area contributed by atoms with Crippen LogP contribution < -0.4 is 5.32 Å². The van der Waals surface area contributed by atoms with Crippen LogP contribution in [0.2, 0.25) is 0 Å². The van der Waals surface area contributed by atoms with Crippen molar-refractivity contribution in [3.8, 4) is 0 Å². The molecule has 0 unspecified atom stereocenters. The fourth-order valence-corrected chi connectivity index (χ4v) is 3.26. The minimum absolute atomic E-state index is 0.664. The van der Waals surface area contributed by atoms with Gasteiger partial charge in [-0.3, -0.25) is 4.79 Å². The number of likely N-dealkylation sites (N-methyl/N-ethyl adjacent to an activating group) is 1. The lowest BCUT2D eigenvalue weighted by atomic mass is 9.73. The number of aliphatic carboxylic acids is 1. The zero-order valence-corrected chi connectivity index (χ0v) is 13.6. The molecule has 1 aliphatic rings. The lowest BCUT2D eigenvalue weighted by Crippen LogP contribution is -2.56. The molecule has 0 aromatic carbocycles. The average molecular weight is 284 g/mol. The summed E-state index contributed by atoms with van der Waals surface area (Å²) >= 11 is 0. The first-order chi connectivity index (χ1) is 9.45. The van der Waals surface area contributed by atoms with Gasteiger partial charge in [0.2, 0.25) is 0 Å². The van der Waals surface area contributed by atoms with E-state index in [-0.39, 0.29) is 0 Å². The lowest BCUT2D eigenvalue weighted by molar-refractivity contribution is -0.147. The van der Waals surface area contributed by atoms with Crippen molar-refractivity contribution in [3.63, 3.8) is 0 Å². The fraction of sp³-hybridized carbons (Fsp3) is 0.938. The summed E-state index contributed by atoms with van der Waals surface area (Å²) in [6.45, 7) is 12.5. The number of carboxylic acids is 1. The first-order valence-corrected chi connectivity index (χ1v) is 8.16. The molecule has 20 heavy (non-hydrogen) atoms. The summed E-state index contributed by atoms with van der Waals surface area (Å²) in [7, 11) is 0. The van der Waals surface area contributed by atoms with Gasteiger partial charge in [-0.05, 0) is 50.6 Å². The molecule has 0 aromatic heterocycles. The molecule has 0 saturated heterocycles. The van der Waals surface area contributed by atoms with Gasteiger partial charge >= 0.3 is 5.97 Å². The number of rotatable bonds is 8. The van der Waals surface area contributed by atoms with E-state index in [4.69, 9.17) is 0 Å². The van der Waals surface area contributed by atoms with E-state index in [0.29, 0.717) is 11.8 Å². The molecule has 0 bridgehead atoms. The number of hydrogen-bond donors (Lipinski definition) is 2. The largest absolute Gasteiger partial charge is 0.480 e. The van der Waals surface area contributed by atoms with Crippen LogP contribution in [0.15, 0.2) is 0 Å². The Morgan fingerprint density at radius 1 is 1.30 bits per heavy atom. The molecule has 2 N–H and O–H groups in total. The maximum Gasteiger partial charge on any atom is 0.323 e. The van der Waals surface area contributed by atoms with Crippen molar-refractivity contribution < 1.29 is 9.90 Å². The van der Waals surface area contributed by atoms with Crippen molar-refractivity contribution in [2.45, 2.75) is 58.9 Å². The predicted octanol–water partition coefficient (Wildman–Crippen LogP) is 2.59. The SMILES string of the molecule is CCN(CC)CCNC1(C(=O)O)CCC(C(C)C)CC1. The molecule has 0 heterocycles. The van der Waals surface area contributed by atoms with Crippen molar-refractivity contribution in [3.05, 3.63) is 0 Å². The molecule has 0 spiro atoms. The van der Waals surface area contributed by atoms with Gasteiger partial charge in [0.05, 0.1) is 0 Å². The van der Waals surface area contributed by atoms with Crippen LogP contribution in [0.4, 0.5) is 0 Å². The highest BCUT2D eigenvalue weighted by Gasteiger charge is 2.41. The van der Waals surface area contributed by atoms with E-state index < -0.39 is 11.5 Å². The molecule has 0 atom stereocenters. The molecule has 4 heteroatoms. The van der Waals surface area contributed by atoms with Gasteiger partial charge in [0.25, 0.3) is 0 Å². The van der Waals surface area contributed by atoms with E-state index in [9.17, 15) is 9.90 Å². The van der Waals surface area contributed by atoms with Crippen molar-refractivity contribution in [1.29, 1.82) is 0 Å². The molecule has 0 radical (unpaired) electrons. The Morgan fingerprint density at radius 3 is 2.25 bits per heavy atom. The molecule has 0 amide bonds. The van der Waals surface area contributed by atoms with Gasteiger partial charge in [0, 0.05) is 13.1 Å². The lowest BCUT2D eigenvalue weighted by Gasteiger charge is -2.39. The van der Waals surface area contributed by atoms with Gasteiger partial charge in [-0.15, -0.1) is 0 Å². The summed E-state index contributed by atoms with van der Waals surface area (Å²) in [5, 5.41) is 13.0. The third-order valence-corrected chi connectivity index (χ3v) is 5.02. The summed E-state index contributed by atoms with van der Waals surface area (Å²) in [4.78, 5) is 14.0. The van der Waals surface area contributed by atoms with Crippen LogP contribution in [0.3, 0.4) is 0 Å². The van der Waals surface area contributed by atoms with Gasteiger partial charge < -0.3 is 15.3 Å². The minimum Gasteiger partial charge on any atom is -0.480 e. The highest BCUT2D eigenvalue weighted by atomic mass is 16.4. The highest BCUT2D eigenvalue weighted by Crippen LogP contribution is 2.36. The van der Waals surface area contributed by atoms with Gasteiger partial charge in [-0.1, -0.05) is 27.7 Å². The van der Waals surface area contributed by atoms with Crippen LogP contribution in [0.1, 0.15) is 53.4 Å². The maximum absolute atomic E-state index is 11.7. The van der Waals surface area contributed by atoms with E-state index in [1.54, 1.807) is 0 Å². The number of nitrogens with one attached hydrogen (secondary N) is 1. The summed E-state index contributed by atoms with van der Waals surface area (Å²) in [5.41, 5.74) is -0.682. The Kier molecular flexibility index (Phi) is 6.96. The summed E-state index contributed by atoms with van der Waals surface area (Å²) < 4.78 is 0. The number of nitrogens with zero attached hydrogens (tertiary/aromatic N) is 1. The van der Waals surface area contributed by atoms with Gasteiger partial charge in [-0.2, -0.15) is 0 Å². The Hall–Kier alpha value is -0.610. The second kappa shape index (κ2) is 7.99. The third kappa shape index (κ3) is 4.45. The molecule has 1 rings (SSSR count). The Bertz CT molecular complexity index is 293. The Labute approximate surface area is 123 Å². The predicted molar refractivity (Wildman–Crippen MR) is 83.0 cm³/mol. The molecule has 4 nitrogen and oxygen atoms in total. The smallest absolute Gasteiger partial charge is 0.323 e. The maximum atomic E-state index is 11.7. The minimum atomic E-state index is -0.682. The normalized spacial score (nSPS) is 27.2. The number of hydrogen-bond acceptors (Lipinski definition) is 3. The first kappa shape index (κ1) is 17.4. The zero-order valence-electron chi connectivity index (χ0n) is 13.6. The third-order valence-electron chi connectivity index (χ3n) is 5.02. The van der Waals surface area contributed by atoms with Crippen LogP contribution in [0, 0.1) is 11.8 Å². The van der Waals surface area contributed by atoms with Crippen LogP contribution >= 0.6 is 0 Å². The second-order valence-corrected chi connectivity index (χ2v) is 6.42. The van der Waals surface area contributed by atoms with Crippen molar-refractivity contribution in [2.24, 2.45) is 11.8 Å². The van der Waals surface area contributed by atoms with E-state index >= 15 is 0 Å². The van der Waals surface area contributed by atoms with Crippen LogP contribution in [-0.4, -0.2) is 47.7 Å². The van der Waals surface area contributed by atoms with Crippen LogP contribution in [0.25, 0.3) is 0 Å². The average Bonchev–Trinajstić information content (AvgIpc) is 2.44. The van der Waals surface area contributed by atoms with Gasteiger partial charge in [0.1, 0.15) is 5.54 Å². The Morgan fingerprint density at radius 2 is 1.85 bits per heavy atom. The molecular weight excluding hydrogens is 252 g/mol. The number of carboxylic acid groups (broad SMARTS) is 1. The van der Waals surface area contributed by atoms with Crippen molar-refractivity contribution in [1.82, 2.24) is 10.2 Å². The van der Waals surface area contributed by atoms with E-state index in [0.717, 1.165) is 51.9 Å². The molecule has 0 aromatic rings. The van der Waals surface area contributed by atoms with Gasteiger partial charge in [0.15, 0.2) is 0 Å². The summed E-state index contributed by atoms with van der Waals surface area (Å²) in [6, 6.07) is 0. The fourth-order valence-electron chi connectivity index (χ4n) is 3.26. The van der Waals surface area contributed by atoms with Crippen molar-refractivity contribution >= 4 is 5.97 Å². The highest BCUT2D eigenvalue weighted by molar-refractivity contribution is 5.78. The molecule has 0 aliphatic heterocycles. The van der Waals surface area contributed by atoms with Crippen LogP contribution in [0.5, 0.6) is 0 Å². The first-order valence-electron chi connectivity index (χ1n) is 8.16. The van der Waals surface area contributed by atoms with Gasteiger partial charge in [-0.25, -0.2) is 0 Å². The van der Waals surface area contributed by atoms with Crippen LogP contribution in [-0.2, 0) is 4.79 Å². The molecule has 118 valence electrons. The quantitative estimate of drug-likeness (QED) is 0.719. The summed E-state index contributed by atoms with van der Waals surface area (Å²) in [5.74, 6) is 0.684. The zero-order chi connectivity index (χ0) is 15.2. The molecule has 1 fully saturated rings. The molecule has 1 aliphatic carbocycles. The molecular formula is C16H32N2O2.